The van der Waals surface area contributed by atoms with E-state index in [2.05, 4.69) is 5.32 Å². The zero-order valence-electron chi connectivity index (χ0n) is 12.1. The van der Waals surface area contributed by atoms with Gasteiger partial charge >= 0.3 is 0 Å². The van der Waals surface area contributed by atoms with Gasteiger partial charge in [0.25, 0.3) is 0 Å². The molecule has 3 nitrogen and oxygen atoms in total. The van der Waals surface area contributed by atoms with Crippen LogP contribution in [0.25, 0.3) is 0 Å². The van der Waals surface area contributed by atoms with E-state index in [0.29, 0.717) is 0 Å². The van der Waals surface area contributed by atoms with Gasteiger partial charge in [0.1, 0.15) is 5.54 Å². The SMILES string of the molecule is Cc1cccc(NC(C)(C(N)=O)c2ccccc2C)c1. The van der Waals surface area contributed by atoms with Gasteiger partial charge < -0.3 is 11.1 Å². The minimum Gasteiger partial charge on any atom is -0.368 e. The van der Waals surface area contributed by atoms with Gasteiger partial charge in [0.15, 0.2) is 0 Å². The molecule has 1 atom stereocenters. The Kier molecular flexibility index (Phi) is 3.79. The standard InChI is InChI=1S/C17H20N2O/c1-12-7-6-9-14(11-12)19-17(3,16(18)20)15-10-5-4-8-13(15)2/h4-11,19H,1-3H3,(H2,18,20). The van der Waals surface area contributed by atoms with Crippen LogP contribution >= 0.6 is 0 Å². The van der Waals surface area contributed by atoms with Crippen molar-refractivity contribution in [3.63, 3.8) is 0 Å². The summed E-state index contributed by atoms with van der Waals surface area (Å²) < 4.78 is 0. The number of hydrogen-bond acceptors (Lipinski definition) is 2. The van der Waals surface area contributed by atoms with E-state index in [4.69, 9.17) is 5.73 Å². The molecule has 0 radical (unpaired) electrons. The number of anilines is 1. The van der Waals surface area contributed by atoms with E-state index < -0.39 is 11.4 Å². The molecule has 104 valence electrons. The van der Waals surface area contributed by atoms with Crippen LogP contribution in [0.1, 0.15) is 23.6 Å². The van der Waals surface area contributed by atoms with E-state index in [1.54, 1.807) is 0 Å². The first kappa shape index (κ1) is 14.1. The molecule has 1 amide bonds. The van der Waals surface area contributed by atoms with Gasteiger partial charge in [-0.1, -0.05) is 36.4 Å². The lowest BCUT2D eigenvalue weighted by Crippen LogP contribution is -2.45. The van der Waals surface area contributed by atoms with E-state index in [1.165, 1.54) is 0 Å². The van der Waals surface area contributed by atoms with E-state index >= 15 is 0 Å². The Bertz CT molecular complexity index is 636. The molecule has 0 fully saturated rings. The van der Waals surface area contributed by atoms with Gasteiger partial charge in [-0.25, -0.2) is 0 Å². The first-order chi connectivity index (χ1) is 9.43. The van der Waals surface area contributed by atoms with Crippen LogP contribution in [0.2, 0.25) is 0 Å². The fourth-order valence-corrected chi connectivity index (χ4v) is 2.41. The largest absolute Gasteiger partial charge is 0.368 e. The van der Waals surface area contributed by atoms with Crippen LogP contribution in [-0.2, 0) is 10.3 Å². The molecule has 0 aliphatic heterocycles. The Labute approximate surface area is 119 Å². The fourth-order valence-electron chi connectivity index (χ4n) is 2.41. The van der Waals surface area contributed by atoms with E-state index in [-0.39, 0.29) is 0 Å². The monoisotopic (exact) mass is 268 g/mol. The summed E-state index contributed by atoms with van der Waals surface area (Å²) in [4.78, 5) is 12.0. The van der Waals surface area contributed by atoms with Crippen molar-refractivity contribution in [2.24, 2.45) is 5.73 Å². The van der Waals surface area contributed by atoms with Crippen molar-refractivity contribution in [2.45, 2.75) is 26.3 Å². The number of carbonyl (C=O) groups is 1. The Morgan fingerprint density at radius 1 is 1.10 bits per heavy atom. The second-order valence-electron chi connectivity index (χ2n) is 5.30. The van der Waals surface area contributed by atoms with Crippen LogP contribution in [0.4, 0.5) is 5.69 Å². The van der Waals surface area contributed by atoms with Crippen LogP contribution in [0.3, 0.4) is 0 Å². The summed E-state index contributed by atoms with van der Waals surface area (Å²) in [6.45, 7) is 5.81. The Morgan fingerprint density at radius 3 is 2.40 bits per heavy atom. The molecule has 0 spiro atoms. The van der Waals surface area contributed by atoms with E-state index in [1.807, 2.05) is 69.3 Å². The quantitative estimate of drug-likeness (QED) is 0.895. The third-order valence-corrected chi connectivity index (χ3v) is 3.59. The van der Waals surface area contributed by atoms with Gasteiger partial charge in [-0.05, 0) is 49.6 Å². The molecule has 0 bridgehead atoms. The van der Waals surface area contributed by atoms with Crippen molar-refractivity contribution >= 4 is 11.6 Å². The second-order valence-corrected chi connectivity index (χ2v) is 5.30. The third kappa shape index (κ3) is 2.67. The lowest BCUT2D eigenvalue weighted by molar-refractivity contribution is -0.122. The van der Waals surface area contributed by atoms with Gasteiger partial charge in [0.2, 0.25) is 5.91 Å². The maximum Gasteiger partial charge on any atom is 0.247 e. The number of primary amides is 1. The molecule has 2 aromatic rings. The molecule has 3 N–H and O–H groups in total. The first-order valence-electron chi connectivity index (χ1n) is 6.64. The van der Waals surface area contributed by atoms with Crippen molar-refractivity contribution in [1.29, 1.82) is 0 Å². The predicted molar refractivity (Wildman–Crippen MR) is 82.5 cm³/mol. The van der Waals surface area contributed by atoms with Gasteiger partial charge in [0, 0.05) is 5.69 Å². The lowest BCUT2D eigenvalue weighted by atomic mass is 9.87. The molecule has 0 saturated heterocycles. The van der Waals surface area contributed by atoms with Crippen molar-refractivity contribution in [3.05, 3.63) is 65.2 Å². The summed E-state index contributed by atoms with van der Waals surface area (Å²) in [5.74, 6) is -0.395. The maximum absolute atomic E-state index is 12.0. The number of carbonyl (C=O) groups excluding carboxylic acids is 1. The summed E-state index contributed by atoms with van der Waals surface area (Å²) in [6.07, 6.45) is 0. The van der Waals surface area contributed by atoms with Crippen LogP contribution < -0.4 is 11.1 Å². The molecule has 2 rings (SSSR count). The predicted octanol–water partition coefficient (Wildman–Crippen LogP) is 3.12. The molecule has 0 aromatic heterocycles. The highest BCUT2D eigenvalue weighted by Crippen LogP contribution is 2.28. The summed E-state index contributed by atoms with van der Waals surface area (Å²) >= 11 is 0. The highest BCUT2D eigenvalue weighted by molar-refractivity contribution is 5.89. The Morgan fingerprint density at radius 2 is 1.80 bits per heavy atom. The maximum atomic E-state index is 12.0. The zero-order chi connectivity index (χ0) is 14.8. The highest BCUT2D eigenvalue weighted by atomic mass is 16.1. The average Bonchev–Trinajstić information content (AvgIpc) is 2.38. The first-order valence-corrected chi connectivity index (χ1v) is 6.64. The molecule has 2 aromatic carbocycles. The number of amides is 1. The van der Waals surface area contributed by atoms with Gasteiger partial charge in [-0.15, -0.1) is 0 Å². The van der Waals surface area contributed by atoms with E-state index in [9.17, 15) is 4.79 Å². The van der Waals surface area contributed by atoms with Gasteiger partial charge in [0.05, 0.1) is 0 Å². The smallest absolute Gasteiger partial charge is 0.247 e. The molecule has 0 aliphatic rings. The molecule has 3 heteroatoms. The topological polar surface area (TPSA) is 55.1 Å². The Balaban J connectivity index is 2.46. The number of nitrogens with two attached hydrogens (primary N) is 1. The number of rotatable bonds is 4. The van der Waals surface area contributed by atoms with Gasteiger partial charge in [-0.3, -0.25) is 4.79 Å². The fraction of sp³-hybridized carbons (Fsp3) is 0.235. The zero-order valence-corrected chi connectivity index (χ0v) is 12.1. The summed E-state index contributed by atoms with van der Waals surface area (Å²) in [5.41, 5.74) is 8.67. The van der Waals surface area contributed by atoms with Crippen LogP contribution in [0, 0.1) is 13.8 Å². The molecule has 0 saturated carbocycles. The molecule has 20 heavy (non-hydrogen) atoms. The van der Waals surface area contributed by atoms with Crippen molar-refractivity contribution in [1.82, 2.24) is 0 Å². The van der Waals surface area contributed by atoms with Crippen molar-refractivity contribution in [3.8, 4) is 0 Å². The highest BCUT2D eigenvalue weighted by Gasteiger charge is 2.34. The molecule has 0 heterocycles. The minimum absolute atomic E-state index is 0.395. The summed E-state index contributed by atoms with van der Waals surface area (Å²) in [7, 11) is 0. The van der Waals surface area contributed by atoms with Crippen LogP contribution in [-0.4, -0.2) is 5.91 Å². The van der Waals surface area contributed by atoms with Gasteiger partial charge in [-0.2, -0.15) is 0 Å². The van der Waals surface area contributed by atoms with Crippen molar-refractivity contribution < 1.29 is 4.79 Å². The molecular weight excluding hydrogens is 248 g/mol. The molecule has 0 aliphatic carbocycles. The molecular formula is C17H20N2O. The minimum atomic E-state index is -0.931. The van der Waals surface area contributed by atoms with Crippen molar-refractivity contribution in [2.75, 3.05) is 5.32 Å². The number of benzene rings is 2. The molecule has 1 unspecified atom stereocenters. The normalized spacial score (nSPS) is 13.6. The number of nitrogens with one attached hydrogen (secondary N) is 1. The third-order valence-electron chi connectivity index (χ3n) is 3.59. The lowest BCUT2D eigenvalue weighted by Gasteiger charge is -2.30. The van der Waals surface area contributed by atoms with Crippen LogP contribution in [0.5, 0.6) is 0 Å². The summed E-state index contributed by atoms with van der Waals surface area (Å²) in [6, 6.07) is 15.7. The summed E-state index contributed by atoms with van der Waals surface area (Å²) in [5, 5.41) is 3.28. The Hall–Kier alpha value is -2.29. The second kappa shape index (κ2) is 5.37. The van der Waals surface area contributed by atoms with E-state index in [0.717, 1.165) is 22.4 Å². The number of aryl methyl sites for hydroxylation is 2. The van der Waals surface area contributed by atoms with Crippen LogP contribution in [0.15, 0.2) is 48.5 Å². The average molecular weight is 268 g/mol. The number of hydrogen-bond donors (Lipinski definition) is 2.